The average Bonchev–Trinajstić information content (AvgIpc) is 3.09. The average molecular weight is 486 g/mol. The predicted octanol–water partition coefficient (Wildman–Crippen LogP) is 3.97. The summed E-state index contributed by atoms with van der Waals surface area (Å²) in [5.74, 6) is 2.28. The fourth-order valence-electron chi connectivity index (χ4n) is 7.91. The molecule has 1 unspecified atom stereocenters. The van der Waals surface area contributed by atoms with E-state index in [0.29, 0.717) is 29.0 Å². The van der Waals surface area contributed by atoms with E-state index in [1.165, 1.54) is 51.4 Å². The molecule has 0 amide bonds. The van der Waals surface area contributed by atoms with Crippen LogP contribution in [0.15, 0.2) is 29.1 Å². The molecule has 1 aromatic carbocycles. The third-order valence-corrected chi connectivity index (χ3v) is 10.1. The van der Waals surface area contributed by atoms with E-state index in [1.807, 2.05) is 12.1 Å². The first-order chi connectivity index (χ1) is 16.4. The first kappa shape index (κ1) is 22.9. The molecule has 184 valence electrons. The van der Waals surface area contributed by atoms with E-state index in [1.54, 1.807) is 16.7 Å². The van der Waals surface area contributed by atoms with Crippen molar-refractivity contribution < 1.29 is 14.4 Å². The molecule has 4 bridgehead atoms. The Hall–Kier alpha value is -1.53. The van der Waals surface area contributed by atoms with E-state index in [9.17, 15) is 19.1 Å². The highest BCUT2D eigenvalue weighted by Gasteiger charge is 2.42. The van der Waals surface area contributed by atoms with Crippen LogP contribution < -0.4 is 11.0 Å². The molecule has 4 aliphatic rings. The van der Waals surface area contributed by atoms with Crippen molar-refractivity contribution in [3.8, 4) is 0 Å². The molecular formula is C26H36N3O4P. The van der Waals surface area contributed by atoms with Crippen LogP contribution in [0, 0.1) is 17.8 Å². The van der Waals surface area contributed by atoms with Crippen molar-refractivity contribution >= 4 is 24.1 Å². The molecule has 2 aromatic rings. The zero-order chi connectivity index (χ0) is 23.4. The van der Waals surface area contributed by atoms with Gasteiger partial charge in [0, 0.05) is 24.7 Å². The topological polar surface area (TPSA) is 95.7 Å². The molecule has 8 heteroatoms. The second kappa shape index (κ2) is 8.85. The van der Waals surface area contributed by atoms with Crippen LogP contribution in [0.5, 0.6) is 0 Å². The summed E-state index contributed by atoms with van der Waals surface area (Å²) < 4.78 is 13.9. The van der Waals surface area contributed by atoms with Gasteiger partial charge in [0.1, 0.15) is 0 Å². The Morgan fingerprint density at radius 3 is 2.26 bits per heavy atom. The quantitative estimate of drug-likeness (QED) is 0.639. The van der Waals surface area contributed by atoms with Crippen LogP contribution in [0.1, 0.15) is 76.7 Å². The van der Waals surface area contributed by atoms with E-state index in [-0.39, 0.29) is 6.04 Å². The molecule has 0 spiro atoms. The molecule has 1 aromatic heterocycles. The zero-order valence-electron chi connectivity index (χ0n) is 19.8. The van der Waals surface area contributed by atoms with Crippen LogP contribution in [0.3, 0.4) is 0 Å². The van der Waals surface area contributed by atoms with E-state index in [4.69, 9.17) is 0 Å². The maximum Gasteiger partial charge on any atom is 0.380 e. The Balaban J connectivity index is 1.38. The van der Waals surface area contributed by atoms with Crippen molar-refractivity contribution in [1.82, 2.24) is 14.5 Å². The van der Waals surface area contributed by atoms with Gasteiger partial charge < -0.3 is 14.4 Å². The molecule has 6 atom stereocenters. The van der Waals surface area contributed by atoms with Crippen LogP contribution >= 0.6 is 7.60 Å². The molecule has 2 N–H and O–H groups in total. The molecular weight excluding hydrogens is 449 g/mol. The lowest BCUT2D eigenvalue weighted by molar-refractivity contribution is 0.0409. The molecule has 2 aliphatic heterocycles. The Labute approximate surface area is 200 Å². The van der Waals surface area contributed by atoms with E-state index in [0.717, 1.165) is 37.6 Å². The van der Waals surface area contributed by atoms with Crippen molar-refractivity contribution in [3.63, 3.8) is 0 Å². The zero-order valence-corrected chi connectivity index (χ0v) is 20.7. The number of hydrogen-bond acceptors (Lipinski definition) is 4. The predicted molar refractivity (Wildman–Crippen MR) is 132 cm³/mol. The lowest BCUT2D eigenvalue weighted by atomic mass is 9.70. The van der Waals surface area contributed by atoms with Crippen molar-refractivity contribution in [1.29, 1.82) is 0 Å². The van der Waals surface area contributed by atoms with Gasteiger partial charge in [-0.2, -0.15) is 0 Å². The fourth-order valence-corrected chi connectivity index (χ4v) is 8.50. The lowest BCUT2D eigenvalue weighted by Crippen LogP contribution is -2.48. The van der Waals surface area contributed by atoms with Gasteiger partial charge in [0.05, 0.1) is 11.0 Å². The second-order valence-electron chi connectivity index (χ2n) is 11.4. The number of fused-ring (bicyclic) bond motifs is 6. The van der Waals surface area contributed by atoms with Crippen molar-refractivity contribution in [2.75, 3.05) is 6.54 Å². The van der Waals surface area contributed by atoms with Crippen LogP contribution in [0.4, 0.5) is 0 Å². The minimum Gasteiger partial charge on any atom is -0.320 e. The minimum atomic E-state index is -4.77. The Morgan fingerprint density at radius 1 is 0.824 bits per heavy atom. The number of para-hydroxylation sites is 2. The Kier molecular flexibility index (Phi) is 5.96. The second-order valence-corrected chi connectivity index (χ2v) is 13.0. The fraction of sp³-hybridized carbons (Fsp3) is 0.692. The highest BCUT2D eigenvalue weighted by atomic mass is 31.2. The molecule has 7 nitrogen and oxygen atoms in total. The summed E-state index contributed by atoms with van der Waals surface area (Å²) in [5.41, 5.74) is -0.0615. The summed E-state index contributed by atoms with van der Waals surface area (Å²) in [6.07, 6.45) is 13.6. The van der Waals surface area contributed by atoms with Crippen LogP contribution in [0.2, 0.25) is 0 Å². The molecule has 4 fully saturated rings. The van der Waals surface area contributed by atoms with E-state index in [2.05, 4.69) is 9.88 Å². The van der Waals surface area contributed by atoms with E-state index < -0.39 is 18.6 Å². The van der Waals surface area contributed by atoms with E-state index >= 15 is 0 Å². The maximum atomic E-state index is 13.5. The Bertz CT molecular complexity index is 1160. The maximum absolute atomic E-state index is 13.5. The van der Waals surface area contributed by atoms with Crippen molar-refractivity contribution in [2.45, 2.75) is 88.8 Å². The summed E-state index contributed by atoms with van der Waals surface area (Å²) in [5, 5.41) is 0. The minimum absolute atomic E-state index is 0.0610. The molecule has 3 heterocycles. The first-order valence-electron chi connectivity index (χ1n) is 13.2. The highest BCUT2D eigenvalue weighted by Crippen LogP contribution is 2.45. The first-order valence-corrected chi connectivity index (χ1v) is 14.8. The Morgan fingerprint density at radius 2 is 1.50 bits per heavy atom. The number of hydrogen-bond donors (Lipinski definition) is 2. The van der Waals surface area contributed by atoms with Crippen molar-refractivity contribution in [3.05, 3.63) is 34.6 Å². The number of nitrogens with zero attached hydrogens (tertiary/aromatic N) is 3. The number of rotatable bonds is 3. The summed E-state index contributed by atoms with van der Waals surface area (Å²) in [6.45, 7) is 1.11. The van der Waals surface area contributed by atoms with Crippen LogP contribution in [0.25, 0.3) is 11.0 Å². The van der Waals surface area contributed by atoms with Crippen molar-refractivity contribution in [2.24, 2.45) is 17.8 Å². The van der Waals surface area contributed by atoms with Gasteiger partial charge in [-0.3, -0.25) is 14.3 Å². The van der Waals surface area contributed by atoms with Crippen LogP contribution in [-0.4, -0.2) is 42.9 Å². The standard InChI is InChI=1S/C26H36N3O4P/c30-26-25(34(31,32)33)27-23-9-1-2-10-24(23)29(26)22-14-19-7-4-8-20(15-22)28(16-19)21-12-17-5-3-6-18(11-17)13-21/h1-2,9-10,17-22H,3-8,11-16H2,(H2,31,32,33)/t17-,18+,19-,20-,21?,22-/m0/s1. The number of benzene rings is 1. The summed E-state index contributed by atoms with van der Waals surface area (Å²) in [6, 6.07) is 8.32. The van der Waals surface area contributed by atoms with Gasteiger partial charge >= 0.3 is 7.60 Å². The SMILES string of the molecule is O=c1c(P(=O)(O)O)nc2ccccc2n1[C@H]1C[C@@H]2CCC[C@@H](C1)N(C1C[C@H]3CCC[C@@H](C1)C3)C2. The molecule has 0 radical (unpaired) electrons. The number of aromatic nitrogens is 2. The largest absolute Gasteiger partial charge is 0.380 e. The van der Waals surface area contributed by atoms with Gasteiger partial charge in [-0.25, -0.2) is 4.98 Å². The molecule has 2 saturated heterocycles. The third-order valence-electron chi connectivity index (χ3n) is 9.23. The van der Waals surface area contributed by atoms with Gasteiger partial charge in [0.2, 0.25) is 5.44 Å². The van der Waals surface area contributed by atoms with Gasteiger partial charge in [-0.15, -0.1) is 0 Å². The highest BCUT2D eigenvalue weighted by molar-refractivity contribution is 7.59. The molecule has 34 heavy (non-hydrogen) atoms. The summed E-state index contributed by atoms with van der Waals surface area (Å²) >= 11 is 0. The third kappa shape index (κ3) is 4.19. The summed E-state index contributed by atoms with van der Waals surface area (Å²) in [4.78, 5) is 40.2. The molecule has 2 saturated carbocycles. The molecule has 6 rings (SSSR count). The van der Waals surface area contributed by atoms with Gasteiger partial charge in [0.25, 0.3) is 5.56 Å². The molecule has 2 aliphatic carbocycles. The lowest BCUT2D eigenvalue weighted by Gasteiger charge is -2.46. The summed E-state index contributed by atoms with van der Waals surface area (Å²) in [7, 11) is -4.77. The van der Waals surface area contributed by atoms with Gasteiger partial charge in [0.15, 0.2) is 0 Å². The van der Waals surface area contributed by atoms with Crippen LogP contribution in [-0.2, 0) is 4.57 Å². The van der Waals surface area contributed by atoms with Gasteiger partial charge in [-0.05, 0) is 74.8 Å². The normalized spacial score (nSPS) is 34.6. The monoisotopic (exact) mass is 485 g/mol. The van der Waals surface area contributed by atoms with Gasteiger partial charge in [-0.1, -0.05) is 37.8 Å². The smallest absolute Gasteiger partial charge is 0.320 e.